The van der Waals surface area contributed by atoms with E-state index in [2.05, 4.69) is 19.3 Å². The summed E-state index contributed by atoms with van der Waals surface area (Å²) in [6, 6.07) is 0.322. The van der Waals surface area contributed by atoms with Crippen molar-refractivity contribution in [1.82, 2.24) is 5.43 Å². The zero-order valence-electron chi connectivity index (χ0n) is 9.62. The average molecular weight is 200 g/mol. The Kier molecular flexibility index (Phi) is 4.85. The molecular weight excluding hydrogens is 176 g/mol. The van der Waals surface area contributed by atoms with Crippen LogP contribution in [0, 0.1) is 11.8 Å². The molecule has 0 spiro atoms. The van der Waals surface area contributed by atoms with E-state index in [1.165, 1.54) is 25.7 Å². The Balaban J connectivity index is 2.57. The second kappa shape index (κ2) is 5.69. The van der Waals surface area contributed by atoms with Crippen molar-refractivity contribution in [2.24, 2.45) is 17.7 Å². The molecule has 1 aliphatic carbocycles. The highest BCUT2D eigenvalue weighted by Crippen LogP contribution is 2.31. The minimum Gasteiger partial charge on any atom is -0.380 e. The maximum absolute atomic E-state index is 5.64. The molecule has 3 nitrogen and oxygen atoms in total. The predicted octanol–water partition coefficient (Wildman–Crippen LogP) is 1.68. The SMILES string of the molecule is COC(C(C)C)C(NN)C1CCCC1. The highest BCUT2D eigenvalue weighted by molar-refractivity contribution is 4.86. The summed E-state index contributed by atoms with van der Waals surface area (Å²) in [6.07, 6.45) is 5.51. The van der Waals surface area contributed by atoms with Crippen LogP contribution >= 0.6 is 0 Å². The minimum absolute atomic E-state index is 0.239. The number of methoxy groups -OCH3 is 1. The monoisotopic (exact) mass is 200 g/mol. The highest BCUT2D eigenvalue weighted by Gasteiger charge is 2.32. The van der Waals surface area contributed by atoms with Gasteiger partial charge in [-0.2, -0.15) is 0 Å². The molecule has 2 unspecified atom stereocenters. The lowest BCUT2D eigenvalue weighted by molar-refractivity contribution is 0.0154. The van der Waals surface area contributed by atoms with Gasteiger partial charge in [-0.05, 0) is 24.7 Å². The van der Waals surface area contributed by atoms with Crippen molar-refractivity contribution in [3.63, 3.8) is 0 Å². The third-order valence-corrected chi connectivity index (χ3v) is 3.38. The Labute approximate surface area is 87.4 Å². The van der Waals surface area contributed by atoms with Crippen LogP contribution in [0.25, 0.3) is 0 Å². The number of nitrogens with one attached hydrogen (secondary N) is 1. The quantitative estimate of drug-likeness (QED) is 0.524. The van der Waals surface area contributed by atoms with Crippen LogP contribution in [0.1, 0.15) is 39.5 Å². The van der Waals surface area contributed by atoms with Gasteiger partial charge in [-0.25, -0.2) is 0 Å². The van der Waals surface area contributed by atoms with Crippen LogP contribution in [0.4, 0.5) is 0 Å². The lowest BCUT2D eigenvalue weighted by Crippen LogP contribution is -2.51. The van der Waals surface area contributed by atoms with Gasteiger partial charge in [-0.1, -0.05) is 26.7 Å². The molecule has 0 aromatic carbocycles. The molecule has 0 aromatic rings. The maximum Gasteiger partial charge on any atom is 0.0763 e. The van der Waals surface area contributed by atoms with Gasteiger partial charge >= 0.3 is 0 Å². The Bertz CT molecular complexity index is 155. The molecule has 0 bridgehead atoms. The average Bonchev–Trinajstić information content (AvgIpc) is 2.65. The molecule has 1 rings (SSSR count). The summed E-state index contributed by atoms with van der Waals surface area (Å²) in [4.78, 5) is 0. The number of hydrogen-bond acceptors (Lipinski definition) is 3. The second-order valence-corrected chi connectivity index (χ2v) is 4.68. The standard InChI is InChI=1S/C11H24N2O/c1-8(2)11(14-3)10(13-12)9-6-4-5-7-9/h8-11,13H,4-7,12H2,1-3H3. The first-order valence-corrected chi connectivity index (χ1v) is 5.69. The Morgan fingerprint density at radius 1 is 1.29 bits per heavy atom. The molecule has 14 heavy (non-hydrogen) atoms. The van der Waals surface area contributed by atoms with E-state index in [4.69, 9.17) is 10.6 Å². The van der Waals surface area contributed by atoms with Gasteiger partial charge in [-0.3, -0.25) is 11.3 Å². The van der Waals surface area contributed by atoms with Gasteiger partial charge in [0.05, 0.1) is 12.1 Å². The van der Waals surface area contributed by atoms with E-state index >= 15 is 0 Å². The summed E-state index contributed by atoms with van der Waals surface area (Å²) in [7, 11) is 1.78. The van der Waals surface area contributed by atoms with Crippen molar-refractivity contribution < 1.29 is 4.74 Å². The van der Waals surface area contributed by atoms with Gasteiger partial charge in [0, 0.05) is 7.11 Å². The van der Waals surface area contributed by atoms with Gasteiger partial charge in [0.15, 0.2) is 0 Å². The number of ether oxygens (including phenoxy) is 1. The van der Waals surface area contributed by atoms with Crippen LogP contribution < -0.4 is 11.3 Å². The molecule has 0 radical (unpaired) electrons. The van der Waals surface area contributed by atoms with Crippen molar-refractivity contribution in [2.45, 2.75) is 51.7 Å². The predicted molar refractivity (Wildman–Crippen MR) is 58.7 cm³/mol. The minimum atomic E-state index is 0.239. The van der Waals surface area contributed by atoms with Gasteiger partial charge < -0.3 is 4.74 Å². The molecule has 84 valence electrons. The van der Waals surface area contributed by atoms with E-state index < -0.39 is 0 Å². The highest BCUT2D eigenvalue weighted by atomic mass is 16.5. The lowest BCUT2D eigenvalue weighted by atomic mass is 9.88. The van der Waals surface area contributed by atoms with E-state index in [9.17, 15) is 0 Å². The molecule has 3 N–H and O–H groups in total. The van der Waals surface area contributed by atoms with Crippen molar-refractivity contribution in [3.05, 3.63) is 0 Å². The summed E-state index contributed by atoms with van der Waals surface area (Å²) < 4.78 is 5.53. The maximum atomic E-state index is 5.64. The smallest absolute Gasteiger partial charge is 0.0763 e. The van der Waals surface area contributed by atoms with Crippen LogP contribution in [-0.4, -0.2) is 19.3 Å². The van der Waals surface area contributed by atoms with Gasteiger partial charge in [0.25, 0.3) is 0 Å². The summed E-state index contributed by atoms with van der Waals surface area (Å²) in [5, 5.41) is 0. The molecule has 1 saturated carbocycles. The Morgan fingerprint density at radius 2 is 1.86 bits per heavy atom. The summed E-state index contributed by atoms with van der Waals surface area (Å²) >= 11 is 0. The molecule has 0 saturated heterocycles. The third kappa shape index (κ3) is 2.69. The molecule has 1 fully saturated rings. The molecule has 0 amide bonds. The summed E-state index contributed by atoms with van der Waals surface area (Å²) in [5.74, 6) is 6.85. The van der Waals surface area contributed by atoms with E-state index in [0.29, 0.717) is 17.9 Å². The summed E-state index contributed by atoms with van der Waals surface area (Å²) in [5.41, 5.74) is 2.95. The Hall–Kier alpha value is -0.120. The number of hydrogen-bond donors (Lipinski definition) is 2. The summed E-state index contributed by atoms with van der Waals surface area (Å²) in [6.45, 7) is 4.38. The van der Waals surface area contributed by atoms with E-state index in [1.807, 2.05) is 0 Å². The third-order valence-electron chi connectivity index (χ3n) is 3.38. The molecular formula is C11H24N2O. The normalized spacial score (nSPS) is 22.9. The first-order valence-electron chi connectivity index (χ1n) is 5.69. The molecule has 3 heteroatoms. The van der Waals surface area contributed by atoms with Crippen LogP contribution in [-0.2, 0) is 4.74 Å². The fourth-order valence-corrected chi connectivity index (χ4v) is 2.65. The van der Waals surface area contributed by atoms with E-state index in [-0.39, 0.29) is 6.10 Å². The molecule has 0 heterocycles. The van der Waals surface area contributed by atoms with Crippen molar-refractivity contribution in [3.8, 4) is 0 Å². The zero-order valence-corrected chi connectivity index (χ0v) is 9.62. The Morgan fingerprint density at radius 3 is 2.21 bits per heavy atom. The second-order valence-electron chi connectivity index (χ2n) is 4.68. The van der Waals surface area contributed by atoms with Crippen molar-refractivity contribution >= 4 is 0 Å². The van der Waals surface area contributed by atoms with E-state index in [0.717, 1.165) is 0 Å². The molecule has 2 atom stereocenters. The van der Waals surface area contributed by atoms with Gasteiger partial charge in [0.1, 0.15) is 0 Å². The number of rotatable bonds is 5. The number of nitrogens with two attached hydrogens (primary N) is 1. The van der Waals surface area contributed by atoms with Crippen LogP contribution in [0.5, 0.6) is 0 Å². The molecule has 0 aliphatic heterocycles. The lowest BCUT2D eigenvalue weighted by Gasteiger charge is -2.32. The zero-order chi connectivity index (χ0) is 10.6. The first-order chi connectivity index (χ1) is 6.70. The fourth-order valence-electron chi connectivity index (χ4n) is 2.65. The van der Waals surface area contributed by atoms with Gasteiger partial charge in [0.2, 0.25) is 0 Å². The van der Waals surface area contributed by atoms with Gasteiger partial charge in [-0.15, -0.1) is 0 Å². The van der Waals surface area contributed by atoms with Crippen LogP contribution in [0.2, 0.25) is 0 Å². The number of hydrazine groups is 1. The molecule has 1 aliphatic rings. The van der Waals surface area contributed by atoms with Crippen LogP contribution in [0.3, 0.4) is 0 Å². The van der Waals surface area contributed by atoms with Crippen LogP contribution in [0.15, 0.2) is 0 Å². The van der Waals surface area contributed by atoms with Crippen molar-refractivity contribution in [2.75, 3.05) is 7.11 Å². The topological polar surface area (TPSA) is 47.3 Å². The fraction of sp³-hybridized carbons (Fsp3) is 1.00. The molecule has 0 aromatic heterocycles. The largest absolute Gasteiger partial charge is 0.380 e. The van der Waals surface area contributed by atoms with Crippen molar-refractivity contribution in [1.29, 1.82) is 0 Å². The first kappa shape index (κ1) is 12.0. The van der Waals surface area contributed by atoms with E-state index in [1.54, 1.807) is 7.11 Å².